The Kier molecular flexibility index (Phi) is 4.40. The van der Waals surface area contributed by atoms with Gasteiger partial charge in [-0.3, -0.25) is 4.79 Å². The number of hydrogen-bond donors (Lipinski definition) is 1. The summed E-state index contributed by atoms with van der Waals surface area (Å²) >= 11 is 0. The smallest absolute Gasteiger partial charge is 0.225 e. The molecule has 112 valence electrons. The van der Waals surface area contributed by atoms with Crippen molar-refractivity contribution in [3.05, 3.63) is 41.6 Å². The summed E-state index contributed by atoms with van der Waals surface area (Å²) in [7, 11) is 1.71. The van der Waals surface area contributed by atoms with Crippen molar-refractivity contribution in [3.8, 4) is 0 Å². The van der Waals surface area contributed by atoms with E-state index in [1.54, 1.807) is 7.05 Å². The van der Waals surface area contributed by atoms with Gasteiger partial charge in [-0.2, -0.15) is 9.90 Å². The number of nitrogens with zero attached hydrogens (tertiary/aromatic N) is 3. The summed E-state index contributed by atoms with van der Waals surface area (Å²) in [4.78, 5) is 13.3. The first-order chi connectivity index (χ1) is 9.84. The van der Waals surface area contributed by atoms with Gasteiger partial charge in [-0.1, -0.05) is 45.0 Å². The molecule has 0 saturated heterocycles. The van der Waals surface area contributed by atoms with Crippen LogP contribution in [0.4, 0.5) is 5.82 Å². The highest BCUT2D eigenvalue weighted by Crippen LogP contribution is 2.22. The van der Waals surface area contributed by atoms with Gasteiger partial charge in [-0.25, -0.2) is 0 Å². The molecule has 2 rings (SSSR count). The number of hydrogen-bond acceptors (Lipinski definition) is 3. The summed E-state index contributed by atoms with van der Waals surface area (Å²) in [5.74, 6) is 0.445. The third kappa shape index (κ3) is 4.41. The van der Waals surface area contributed by atoms with Gasteiger partial charge in [0.05, 0.1) is 6.20 Å². The topological polar surface area (TPSA) is 59.8 Å². The lowest BCUT2D eigenvalue weighted by Crippen LogP contribution is -2.13. The minimum atomic E-state index is -0.0459. The summed E-state index contributed by atoms with van der Waals surface area (Å²) in [5, 5.41) is 10.7. The van der Waals surface area contributed by atoms with Crippen LogP contribution in [0.3, 0.4) is 0 Å². The van der Waals surface area contributed by atoms with E-state index in [2.05, 4.69) is 60.6 Å². The van der Waals surface area contributed by atoms with Crippen LogP contribution in [0, 0.1) is 0 Å². The van der Waals surface area contributed by atoms with Crippen LogP contribution in [0.5, 0.6) is 0 Å². The van der Waals surface area contributed by atoms with Gasteiger partial charge in [0, 0.05) is 13.5 Å². The van der Waals surface area contributed by atoms with Crippen molar-refractivity contribution in [3.63, 3.8) is 0 Å². The first-order valence-corrected chi connectivity index (χ1v) is 7.10. The number of aryl methyl sites for hydroxylation is 2. The zero-order chi connectivity index (χ0) is 15.5. The number of rotatable bonds is 4. The molecule has 0 atom stereocenters. The fraction of sp³-hybridized carbons (Fsp3) is 0.438. The van der Waals surface area contributed by atoms with Crippen molar-refractivity contribution in [1.29, 1.82) is 0 Å². The maximum Gasteiger partial charge on any atom is 0.225 e. The van der Waals surface area contributed by atoms with Crippen molar-refractivity contribution in [2.45, 2.75) is 39.0 Å². The molecule has 0 unspecified atom stereocenters. The fourth-order valence-electron chi connectivity index (χ4n) is 2.04. The van der Waals surface area contributed by atoms with Crippen LogP contribution in [-0.4, -0.2) is 20.9 Å². The Morgan fingerprint density at radius 1 is 1.24 bits per heavy atom. The molecule has 0 bridgehead atoms. The third-order valence-corrected chi connectivity index (χ3v) is 3.33. The van der Waals surface area contributed by atoms with E-state index in [4.69, 9.17) is 0 Å². The Morgan fingerprint density at radius 2 is 1.90 bits per heavy atom. The molecular formula is C16H22N4O. The van der Waals surface area contributed by atoms with Gasteiger partial charge < -0.3 is 5.32 Å². The lowest BCUT2D eigenvalue weighted by molar-refractivity contribution is -0.116. The Morgan fingerprint density at radius 3 is 2.43 bits per heavy atom. The van der Waals surface area contributed by atoms with Gasteiger partial charge in [0.1, 0.15) is 0 Å². The predicted octanol–water partition coefficient (Wildman–Crippen LogP) is 2.68. The minimum absolute atomic E-state index is 0.0459. The maximum atomic E-state index is 11.8. The van der Waals surface area contributed by atoms with Gasteiger partial charge in [0.15, 0.2) is 5.82 Å². The van der Waals surface area contributed by atoms with Crippen LogP contribution >= 0.6 is 0 Å². The summed E-state index contributed by atoms with van der Waals surface area (Å²) in [6, 6.07) is 8.46. The monoisotopic (exact) mass is 286 g/mol. The first-order valence-electron chi connectivity index (χ1n) is 7.10. The van der Waals surface area contributed by atoms with Crippen LogP contribution in [-0.2, 0) is 23.7 Å². The van der Waals surface area contributed by atoms with E-state index in [1.165, 1.54) is 16.6 Å². The largest absolute Gasteiger partial charge is 0.308 e. The van der Waals surface area contributed by atoms with Crippen molar-refractivity contribution >= 4 is 11.7 Å². The fourth-order valence-corrected chi connectivity index (χ4v) is 2.04. The number of amides is 1. The van der Waals surface area contributed by atoms with E-state index >= 15 is 0 Å². The van der Waals surface area contributed by atoms with E-state index in [-0.39, 0.29) is 11.3 Å². The molecule has 0 aliphatic rings. The average Bonchev–Trinajstić information content (AvgIpc) is 2.81. The molecule has 1 N–H and O–H groups in total. The molecule has 0 spiro atoms. The Labute approximate surface area is 125 Å². The number of anilines is 1. The van der Waals surface area contributed by atoms with Crippen molar-refractivity contribution in [2.24, 2.45) is 7.05 Å². The average molecular weight is 286 g/mol. The standard InChI is InChI=1S/C16H22N4O/c1-16(2,3)13-8-5-12(6-9-13)7-10-15(21)18-14-11-17-20(4)19-14/h5-6,8-9,11H,7,10H2,1-4H3,(H,18,19,21). The van der Waals surface area contributed by atoms with Crippen molar-refractivity contribution in [1.82, 2.24) is 15.0 Å². The molecular weight excluding hydrogens is 264 g/mol. The van der Waals surface area contributed by atoms with Crippen LogP contribution in [0.2, 0.25) is 0 Å². The van der Waals surface area contributed by atoms with Crippen molar-refractivity contribution < 1.29 is 4.79 Å². The molecule has 0 fully saturated rings. The van der Waals surface area contributed by atoms with Crippen LogP contribution in [0.15, 0.2) is 30.5 Å². The second kappa shape index (κ2) is 6.08. The molecule has 0 aliphatic heterocycles. The molecule has 0 radical (unpaired) electrons. The van der Waals surface area contributed by atoms with Crippen LogP contribution in [0.25, 0.3) is 0 Å². The number of benzene rings is 1. The molecule has 21 heavy (non-hydrogen) atoms. The number of carbonyl (C=O) groups is 1. The Bertz CT molecular complexity index is 608. The Balaban J connectivity index is 1.86. The minimum Gasteiger partial charge on any atom is -0.308 e. The molecule has 0 saturated carbocycles. The second-order valence-corrected chi connectivity index (χ2v) is 6.21. The lowest BCUT2D eigenvalue weighted by Gasteiger charge is -2.19. The van der Waals surface area contributed by atoms with E-state index in [0.717, 1.165) is 12.0 Å². The van der Waals surface area contributed by atoms with Gasteiger partial charge >= 0.3 is 0 Å². The summed E-state index contributed by atoms with van der Waals surface area (Å²) in [5.41, 5.74) is 2.62. The molecule has 1 heterocycles. The number of nitrogens with one attached hydrogen (secondary N) is 1. The molecule has 1 aromatic carbocycles. The quantitative estimate of drug-likeness (QED) is 0.940. The predicted molar refractivity (Wildman–Crippen MR) is 83.1 cm³/mol. The number of carbonyl (C=O) groups excluding carboxylic acids is 1. The zero-order valence-corrected chi connectivity index (χ0v) is 13.1. The molecule has 0 aliphatic carbocycles. The molecule has 2 aromatic rings. The van der Waals surface area contributed by atoms with Gasteiger partial charge in [0.2, 0.25) is 5.91 Å². The zero-order valence-electron chi connectivity index (χ0n) is 13.1. The molecule has 1 aromatic heterocycles. The van der Waals surface area contributed by atoms with Gasteiger partial charge in [-0.05, 0) is 23.0 Å². The van der Waals surface area contributed by atoms with E-state index < -0.39 is 0 Å². The third-order valence-electron chi connectivity index (χ3n) is 3.33. The molecule has 1 amide bonds. The highest BCUT2D eigenvalue weighted by Gasteiger charge is 2.13. The number of aromatic nitrogens is 3. The maximum absolute atomic E-state index is 11.8. The van der Waals surface area contributed by atoms with Gasteiger partial charge in [0.25, 0.3) is 0 Å². The highest BCUT2D eigenvalue weighted by molar-refractivity contribution is 5.89. The molecule has 5 nitrogen and oxygen atoms in total. The Hall–Kier alpha value is -2.17. The summed E-state index contributed by atoms with van der Waals surface area (Å²) in [6.45, 7) is 6.57. The van der Waals surface area contributed by atoms with Crippen LogP contribution < -0.4 is 5.32 Å². The van der Waals surface area contributed by atoms with Crippen molar-refractivity contribution in [2.75, 3.05) is 5.32 Å². The lowest BCUT2D eigenvalue weighted by atomic mass is 9.86. The van der Waals surface area contributed by atoms with Gasteiger partial charge in [-0.15, -0.1) is 5.10 Å². The summed E-state index contributed by atoms with van der Waals surface area (Å²) in [6.07, 6.45) is 2.69. The van der Waals surface area contributed by atoms with E-state index in [9.17, 15) is 4.79 Å². The highest BCUT2D eigenvalue weighted by atomic mass is 16.1. The summed E-state index contributed by atoms with van der Waals surface area (Å²) < 4.78 is 0. The first kappa shape index (κ1) is 15.2. The second-order valence-electron chi connectivity index (χ2n) is 6.21. The van der Waals surface area contributed by atoms with Crippen LogP contribution in [0.1, 0.15) is 38.3 Å². The SMILES string of the molecule is Cn1ncc(NC(=O)CCc2ccc(C(C)(C)C)cc2)n1. The van der Waals surface area contributed by atoms with E-state index in [1.807, 2.05) is 0 Å². The molecule has 5 heteroatoms. The van der Waals surface area contributed by atoms with E-state index in [0.29, 0.717) is 12.2 Å². The normalized spacial score (nSPS) is 11.4.